The first-order valence-corrected chi connectivity index (χ1v) is 12.4. The summed E-state index contributed by atoms with van der Waals surface area (Å²) >= 11 is 0. The highest BCUT2D eigenvalue weighted by atomic mass is 19.4. The Bertz CT molecular complexity index is 1190. The van der Waals surface area contributed by atoms with Crippen molar-refractivity contribution >= 4 is 5.91 Å². The second-order valence-electron chi connectivity index (χ2n) is 10.5. The average molecular weight is 528 g/mol. The lowest BCUT2D eigenvalue weighted by Gasteiger charge is -2.21. The Morgan fingerprint density at radius 3 is 2.49 bits per heavy atom. The Balaban J connectivity index is 1.73. The predicted octanol–water partition coefficient (Wildman–Crippen LogP) is 4.57. The van der Waals surface area contributed by atoms with Gasteiger partial charge in [-0.05, 0) is 31.0 Å². The van der Waals surface area contributed by atoms with Crippen LogP contribution in [0, 0.1) is 0 Å². The van der Waals surface area contributed by atoms with Crippen LogP contribution in [0.2, 0.25) is 0 Å². The minimum absolute atomic E-state index is 0.0528. The third kappa shape index (κ3) is 6.26. The Hall–Kier alpha value is -2.66. The standard InChI is InChI=1S/C26H33F4N3O4/c1-25(2,3)22-13-23(33(32(22)4)14-17-6-5-10-35-17)31-24(34)18-12-16(26(28,29)30)7-8-20(18)37-15-21-19(27)9-11-36-21/h7-8,12-13,17,19,21H,5-6,9-11,14-15H2,1-4H3/b31-23-/t17-,19-,21-/m1/s1. The summed E-state index contributed by atoms with van der Waals surface area (Å²) in [5, 5.41) is 0. The third-order valence-electron chi connectivity index (χ3n) is 6.70. The van der Waals surface area contributed by atoms with Crippen LogP contribution in [-0.2, 0) is 34.7 Å². The molecule has 0 spiro atoms. The maximum Gasteiger partial charge on any atom is 0.416 e. The van der Waals surface area contributed by atoms with Gasteiger partial charge in [0, 0.05) is 37.3 Å². The normalized spacial score (nSPS) is 23.1. The van der Waals surface area contributed by atoms with E-state index in [1.165, 1.54) is 0 Å². The molecule has 3 atom stereocenters. The molecule has 0 saturated carbocycles. The summed E-state index contributed by atoms with van der Waals surface area (Å²) < 4.78 is 74.7. The van der Waals surface area contributed by atoms with Crippen molar-refractivity contribution in [2.45, 2.75) is 76.5 Å². The van der Waals surface area contributed by atoms with Gasteiger partial charge in [0.15, 0.2) is 5.49 Å². The van der Waals surface area contributed by atoms with Gasteiger partial charge >= 0.3 is 6.18 Å². The van der Waals surface area contributed by atoms with Crippen molar-refractivity contribution in [3.05, 3.63) is 46.6 Å². The van der Waals surface area contributed by atoms with E-state index in [-0.39, 0.29) is 42.5 Å². The Morgan fingerprint density at radius 1 is 1.14 bits per heavy atom. The molecule has 1 aromatic heterocycles. The number of hydrogen-bond donors (Lipinski definition) is 0. The van der Waals surface area contributed by atoms with Crippen LogP contribution in [0.1, 0.15) is 61.6 Å². The van der Waals surface area contributed by atoms with Crippen molar-refractivity contribution in [3.63, 3.8) is 0 Å². The maximum absolute atomic E-state index is 14.0. The molecule has 0 bridgehead atoms. The lowest BCUT2D eigenvalue weighted by atomic mass is 9.92. The summed E-state index contributed by atoms with van der Waals surface area (Å²) in [5.41, 5.74) is -0.440. The molecule has 3 heterocycles. The van der Waals surface area contributed by atoms with E-state index in [1.807, 2.05) is 37.2 Å². The van der Waals surface area contributed by atoms with Crippen LogP contribution in [0.3, 0.4) is 0 Å². The van der Waals surface area contributed by atoms with Crippen LogP contribution in [-0.4, -0.2) is 53.5 Å². The lowest BCUT2D eigenvalue weighted by Crippen LogP contribution is -2.30. The van der Waals surface area contributed by atoms with Gasteiger partial charge in [0.25, 0.3) is 5.91 Å². The van der Waals surface area contributed by atoms with Crippen molar-refractivity contribution in [2.75, 3.05) is 19.8 Å². The van der Waals surface area contributed by atoms with Crippen LogP contribution in [0.4, 0.5) is 17.6 Å². The minimum Gasteiger partial charge on any atom is -0.490 e. The van der Waals surface area contributed by atoms with Gasteiger partial charge in [-0.25, -0.2) is 4.39 Å². The van der Waals surface area contributed by atoms with Gasteiger partial charge in [0.05, 0.1) is 30.4 Å². The second kappa shape index (κ2) is 10.6. The lowest BCUT2D eigenvalue weighted by molar-refractivity contribution is -0.137. The fourth-order valence-electron chi connectivity index (χ4n) is 4.67. The first-order chi connectivity index (χ1) is 17.3. The van der Waals surface area contributed by atoms with Gasteiger partial charge in [-0.3, -0.25) is 14.2 Å². The Morgan fingerprint density at radius 2 is 1.89 bits per heavy atom. The molecule has 2 aliphatic rings. The number of ether oxygens (including phenoxy) is 3. The van der Waals surface area contributed by atoms with Crippen molar-refractivity contribution in [1.29, 1.82) is 0 Å². The Labute approximate surface area is 213 Å². The second-order valence-corrected chi connectivity index (χ2v) is 10.5. The first-order valence-electron chi connectivity index (χ1n) is 12.4. The monoisotopic (exact) mass is 527 g/mol. The molecular weight excluding hydrogens is 494 g/mol. The molecule has 0 N–H and O–H groups in total. The fraction of sp³-hybridized carbons (Fsp3) is 0.615. The highest BCUT2D eigenvalue weighted by Gasteiger charge is 2.33. The molecule has 2 aromatic rings. The molecule has 37 heavy (non-hydrogen) atoms. The topological polar surface area (TPSA) is 67.0 Å². The highest BCUT2D eigenvalue weighted by Crippen LogP contribution is 2.33. The molecule has 2 aliphatic heterocycles. The number of benzene rings is 1. The molecule has 0 aliphatic carbocycles. The number of nitrogens with zero attached hydrogens (tertiary/aromatic N) is 3. The molecule has 1 aromatic carbocycles. The van der Waals surface area contributed by atoms with E-state index in [2.05, 4.69) is 4.99 Å². The molecule has 1 amide bonds. The molecule has 2 fully saturated rings. The summed E-state index contributed by atoms with van der Waals surface area (Å²) in [7, 11) is 1.85. The zero-order chi connectivity index (χ0) is 27.0. The van der Waals surface area contributed by atoms with Gasteiger partial charge in [-0.2, -0.15) is 18.2 Å². The van der Waals surface area contributed by atoms with Gasteiger partial charge in [-0.1, -0.05) is 20.8 Å². The molecule has 4 rings (SSSR count). The number of amides is 1. The molecule has 11 heteroatoms. The molecular formula is C26H33F4N3O4. The number of rotatable bonds is 6. The number of aromatic nitrogens is 2. The summed E-state index contributed by atoms with van der Waals surface area (Å²) in [4.78, 5) is 17.6. The van der Waals surface area contributed by atoms with Crippen molar-refractivity contribution in [1.82, 2.24) is 9.36 Å². The van der Waals surface area contributed by atoms with Crippen molar-refractivity contribution in [3.8, 4) is 5.75 Å². The summed E-state index contributed by atoms with van der Waals surface area (Å²) in [6, 6.07) is 4.38. The summed E-state index contributed by atoms with van der Waals surface area (Å²) in [6.45, 7) is 7.17. The molecule has 0 radical (unpaired) electrons. The van der Waals surface area contributed by atoms with Crippen LogP contribution in [0.5, 0.6) is 5.75 Å². The number of carbonyl (C=O) groups is 1. The van der Waals surface area contributed by atoms with E-state index >= 15 is 0 Å². The van der Waals surface area contributed by atoms with Crippen LogP contribution in [0.15, 0.2) is 29.3 Å². The third-order valence-corrected chi connectivity index (χ3v) is 6.70. The van der Waals surface area contributed by atoms with Crippen LogP contribution < -0.4 is 10.2 Å². The quantitative estimate of drug-likeness (QED) is 0.517. The zero-order valence-electron chi connectivity index (χ0n) is 21.5. The van der Waals surface area contributed by atoms with Crippen molar-refractivity contribution < 1.29 is 36.6 Å². The predicted molar refractivity (Wildman–Crippen MR) is 127 cm³/mol. The smallest absolute Gasteiger partial charge is 0.416 e. The van der Waals surface area contributed by atoms with Gasteiger partial charge in [-0.15, -0.1) is 0 Å². The number of halogens is 4. The highest BCUT2D eigenvalue weighted by molar-refractivity contribution is 5.97. The van der Waals surface area contributed by atoms with Crippen LogP contribution >= 0.6 is 0 Å². The average Bonchev–Trinajstić information content (AvgIpc) is 3.54. The summed E-state index contributed by atoms with van der Waals surface area (Å²) in [5.74, 6) is -1.00. The van der Waals surface area contributed by atoms with Gasteiger partial charge < -0.3 is 14.2 Å². The van der Waals surface area contributed by atoms with E-state index < -0.39 is 29.9 Å². The van der Waals surface area contributed by atoms with E-state index in [4.69, 9.17) is 14.2 Å². The number of carbonyl (C=O) groups excluding carboxylic acids is 1. The van der Waals surface area contributed by atoms with E-state index in [1.54, 1.807) is 6.07 Å². The van der Waals surface area contributed by atoms with Crippen molar-refractivity contribution in [2.24, 2.45) is 12.0 Å². The Kier molecular flexibility index (Phi) is 7.85. The molecule has 2 saturated heterocycles. The van der Waals surface area contributed by atoms with Crippen LogP contribution in [0.25, 0.3) is 0 Å². The molecule has 0 unspecified atom stereocenters. The number of hydrogen-bond acceptors (Lipinski definition) is 4. The first kappa shape index (κ1) is 27.4. The molecule has 204 valence electrons. The van der Waals surface area contributed by atoms with E-state index in [0.717, 1.165) is 36.7 Å². The molecule has 7 nitrogen and oxygen atoms in total. The van der Waals surface area contributed by atoms with Gasteiger partial charge in [0.2, 0.25) is 0 Å². The number of alkyl halides is 4. The SMILES string of the molecule is Cn1c(C(C)(C)C)c/c(=N/C(=O)c2cc(C(F)(F)F)ccc2OC[C@H]2OCC[C@H]2F)n1C[C@H]1CCCO1. The maximum atomic E-state index is 14.0. The fourth-order valence-corrected chi connectivity index (χ4v) is 4.67. The largest absolute Gasteiger partial charge is 0.490 e. The minimum atomic E-state index is -4.67. The van der Waals surface area contributed by atoms with E-state index in [9.17, 15) is 22.4 Å². The van der Waals surface area contributed by atoms with E-state index in [0.29, 0.717) is 18.6 Å². The zero-order valence-corrected chi connectivity index (χ0v) is 21.5. The van der Waals surface area contributed by atoms with Gasteiger partial charge in [0.1, 0.15) is 24.6 Å². The summed E-state index contributed by atoms with van der Waals surface area (Å²) in [6.07, 6.45) is -4.80.